The molecular weight excluding hydrogens is 580 g/mol. The summed E-state index contributed by atoms with van der Waals surface area (Å²) in [5.74, 6) is -2.87. The van der Waals surface area contributed by atoms with E-state index in [1.807, 2.05) is 41.5 Å². The standard InChI is InChI=1S/C26H34N6O7.3C2H6/c1-16(33)28-13-5-4-6-21(30-17(2)34)26(39)29-15-23(36)31-20-9-8-19(32-24(37)11-12-25(32)38)14-18(20)7-10-22(35)27-3;3*1-2/h8-9,11-12,14,21H,4-7,10,13,15H2,1-3H3,(H,27,35)(H,28,33)(H,29,39)(H,30,34)(H,31,36);3*1-2H3. The predicted molar refractivity (Wildman–Crippen MR) is 176 cm³/mol. The van der Waals surface area contributed by atoms with E-state index in [9.17, 15) is 33.6 Å². The smallest absolute Gasteiger partial charge is 0.258 e. The topological polar surface area (TPSA) is 183 Å². The first kappa shape index (κ1) is 42.6. The Morgan fingerprint density at radius 3 is 1.93 bits per heavy atom. The molecule has 5 N–H and O–H groups in total. The van der Waals surface area contributed by atoms with Gasteiger partial charge in [-0.1, -0.05) is 41.5 Å². The Kier molecular flexibility index (Phi) is 23.5. The minimum atomic E-state index is -0.848. The van der Waals surface area contributed by atoms with Crippen molar-refractivity contribution in [2.24, 2.45) is 0 Å². The SMILES string of the molecule is CC.CC.CC.CNC(=O)CCc1cc(N2C(=O)C=CC2=O)ccc1NC(=O)CNC(=O)C(CCCCNC(C)=O)NC(C)=O. The summed E-state index contributed by atoms with van der Waals surface area (Å²) in [5, 5.41) is 12.9. The molecule has 1 heterocycles. The molecule has 1 aromatic carbocycles. The lowest BCUT2D eigenvalue weighted by molar-refractivity contribution is -0.129. The molecule has 0 fully saturated rings. The molecule has 252 valence electrons. The number of anilines is 2. The maximum Gasteiger partial charge on any atom is 0.258 e. The fraction of sp³-hybridized carbons (Fsp3) is 0.531. The number of benzene rings is 1. The van der Waals surface area contributed by atoms with Crippen LogP contribution in [0.25, 0.3) is 0 Å². The van der Waals surface area contributed by atoms with E-state index in [-0.39, 0.29) is 31.2 Å². The average molecular weight is 633 g/mol. The van der Waals surface area contributed by atoms with Crippen molar-refractivity contribution >= 4 is 52.7 Å². The van der Waals surface area contributed by atoms with Gasteiger partial charge in [0.05, 0.1) is 12.2 Å². The number of nitrogens with one attached hydrogen (secondary N) is 5. The quantitative estimate of drug-likeness (QED) is 0.154. The number of aryl methyl sites for hydroxylation is 1. The molecule has 13 heteroatoms. The van der Waals surface area contributed by atoms with Gasteiger partial charge in [-0.3, -0.25) is 33.6 Å². The van der Waals surface area contributed by atoms with Crippen LogP contribution < -0.4 is 31.5 Å². The molecule has 0 spiro atoms. The minimum absolute atomic E-state index is 0.0973. The number of hydrogen-bond acceptors (Lipinski definition) is 7. The van der Waals surface area contributed by atoms with Crippen LogP contribution in [-0.4, -0.2) is 67.5 Å². The number of hydrogen-bond donors (Lipinski definition) is 5. The van der Waals surface area contributed by atoms with Crippen molar-refractivity contribution in [1.29, 1.82) is 0 Å². The third-order valence-electron chi connectivity index (χ3n) is 5.74. The van der Waals surface area contributed by atoms with E-state index in [0.717, 1.165) is 17.1 Å². The lowest BCUT2D eigenvalue weighted by Gasteiger charge is -2.19. The second-order valence-corrected chi connectivity index (χ2v) is 8.86. The highest BCUT2D eigenvalue weighted by molar-refractivity contribution is 6.28. The van der Waals surface area contributed by atoms with E-state index in [0.29, 0.717) is 42.7 Å². The van der Waals surface area contributed by atoms with E-state index in [1.165, 1.54) is 33.0 Å². The van der Waals surface area contributed by atoms with Gasteiger partial charge in [0.25, 0.3) is 11.8 Å². The summed E-state index contributed by atoms with van der Waals surface area (Å²) in [6.07, 6.45) is 4.11. The Labute approximate surface area is 267 Å². The zero-order valence-electron chi connectivity index (χ0n) is 28.2. The number of nitrogens with zero attached hydrogens (tertiary/aromatic N) is 1. The molecule has 7 amide bonds. The number of rotatable bonds is 14. The van der Waals surface area contributed by atoms with Gasteiger partial charge in [0.15, 0.2) is 0 Å². The Morgan fingerprint density at radius 2 is 1.40 bits per heavy atom. The van der Waals surface area contributed by atoms with Crippen LogP contribution in [0.4, 0.5) is 11.4 Å². The third-order valence-corrected chi connectivity index (χ3v) is 5.74. The van der Waals surface area contributed by atoms with Gasteiger partial charge in [-0.2, -0.15) is 0 Å². The van der Waals surface area contributed by atoms with Crippen LogP contribution in [0.15, 0.2) is 30.4 Å². The average Bonchev–Trinajstić information content (AvgIpc) is 3.38. The van der Waals surface area contributed by atoms with E-state index in [4.69, 9.17) is 0 Å². The fourth-order valence-corrected chi connectivity index (χ4v) is 3.81. The molecule has 0 radical (unpaired) electrons. The molecule has 2 rings (SSSR count). The highest BCUT2D eigenvalue weighted by Crippen LogP contribution is 2.26. The van der Waals surface area contributed by atoms with Gasteiger partial charge < -0.3 is 26.6 Å². The molecule has 1 unspecified atom stereocenters. The van der Waals surface area contributed by atoms with Crippen molar-refractivity contribution in [2.45, 2.75) is 93.5 Å². The van der Waals surface area contributed by atoms with E-state index < -0.39 is 35.6 Å². The van der Waals surface area contributed by atoms with E-state index in [2.05, 4.69) is 26.6 Å². The first-order valence-electron chi connectivity index (χ1n) is 15.5. The van der Waals surface area contributed by atoms with Gasteiger partial charge in [-0.25, -0.2) is 4.90 Å². The van der Waals surface area contributed by atoms with Crippen LogP contribution in [0.2, 0.25) is 0 Å². The Hall–Kier alpha value is -4.55. The van der Waals surface area contributed by atoms with Crippen LogP contribution in [0.5, 0.6) is 0 Å². The van der Waals surface area contributed by atoms with Gasteiger partial charge in [-0.15, -0.1) is 0 Å². The summed E-state index contributed by atoms with van der Waals surface area (Å²) < 4.78 is 0. The molecule has 13 nitrogen and oxygen atoms in total. The normalized spacial score (nSPS) is 11.7. The van der Waals surface area contributed by atoms with E-state index >= 15 is 0 Å². The maximum atomic E-state index is 12.7. The zero-order valence-corrected chi connectivity index (χ0v) is 28.2. The summed E-state index contributed by atoms with van der Waals surface area (Å²) in [5.41, 5.74) is 1.16. The summed E-state index contributed by atoms with van der Waals surface area (Å²) in [6, 6.07) is 3.71. The van der Waals surface area contributed by atoms with Gasteiger partial charge >= 0.3 is 0 Å². The van der Waals surface area contributed by atoms with Gasteiger partial charge in [-0.05, 0) is 49.4 Å². The number of carbonyl (C=O) groups is 7. The van der Waals surface area contributed by atoms with Crippen LogP contribution in [-0.2, 0) is 40.0 Å². The first-order chi connectivity index (χ1) is 21.5. The van der Waals surface area contributed by atoms with Gasteiger partial charge in [0, 0.05) is 51.7 Å². The summed E-state index contributed by atoms with van der Waals surface area (Å²) in [4.78, 5) is 84.7. The van der Waals surface area contributed by atoms with Crippen LogP contribution in [0.3, 0.4) is 0 Å². The molecular formula is C32H52N6O7. The second kappa shape index (κ2) is 24.8. The molecule has 45 heavy (non-hydrogen) atoms. The fourth-order valence-electron chi connectivity index (χ4n) is 3.81. The monoisotopic (exact) mass is 632 g/mol. The molecule has 1 aromatic rings. The lowest BCUT2D eigenvalue weighted by atomic mass is 10.1. The van der Waals surface area contributed by atoms with Crippen molar-refractivity contribution < 1.29 is 33.6 Å². The number of amides is 7. The molecule has 0 aliphatic carbocycles. The van der Waals surface area contributed by atoms with Crippen molar-refractivity contribution in [1.82, 2.24) is 21.3 Å². The first-order valence-corrected chi connectivity index (χ1v) is 15.5. The number of unbranched alkanes of at least 4 members (excludes halogenated alkanes) is 1. The van der Waals surface area contributed by atoms with Gasteiger partial charge in [0.2, 0.25) is 29.5 Å². The molecule has 0 aromatic heterocycles. The van der Waals surface area contributed by atoms with Gasteiger partial charge in [0.1, 0.15) is 6.04 Å². The Morgan fingerprint density at radius 1 is 0.800 bits per heavy atom. The van der Waals surface area contributed by atoms with Crippen LogP contribution in [0.1, 0.15) is 86.6 Å². The summed E-state index contributed by atoms with van der Waals surface area (Å²) in [6.45, 7) is 14.8. The maximum absolute atomic E-state index is 12.7. The number of imide groups is 1. The van der Waals surface area contributed by atoms with Crippen molar-refractivity contribution in [3.63, 3.8) is 0 Å². The summed E-state index contributed by atoms with van der Waals surface area (Å²) in [7, 11) is 1.49. The van der Waals surface area contributed by atoms with Crippen molar-refractivity contribution in [3.8, 4) is 0 Å². The molecule has 0 saturated heterocycles. The highest BCUT2D eigenvalue weighted by atomic mass is 16.2. The van der Waals surface area contributed by atoms with Crippen LogP contribution >= 0.6 is 0 Å². The Bertz CT molecular complexity index is 1150. The van der Waals surface area contributed by atoms with E-state index in [1.54, 1.807) is 6.07 Å². The Balaban J connectivity index is 0. The highest BCUT2D eigenvalue weighted by Gasteiger charge is 2.26. The molecule has 0 bridgehead atoms. The number of carbonyl (C=O) groups excluding carboxylic acids is 7. The predicted octanol–water partition coefficient (Wildman–Crippen LogP) is 2.74. The summed E-state index contributed by atoms with van der Waals surface area (Å²) >= 11 is 0. The van der Waals surface area contributed by atoms with Crippen molar-refractivity contribution in [2.75, 3.05) is 30.4 Å². The molecule has 1 atom stereocenters. The zero-order chi connectivity index (χ0) is 34.9. The molecule has 1 aliphatic heterocycles. The minimum Gasteiger partial charge on any atom is -0.359 e. The van der Waals surface area contributed by atoms with Crippen molar-refractivity contribution in [3.05, 3.63) is 35.9 Å². The third kappa shape index (κ3) is 16.8. The largest absolute Gasteiger partial charge is 0.359 e. The molecule has 0 saturated carbocycles. The van der Waals surface area contributed by atoms with Crippen LogP contribution in [0, 0.1) is 0 Å². The lowest BCUT2D eigenvalue weighted by Crippen LogP contribution is -2.47. The second-order valence-electron chi connectivity index (χ2n) is 8.86. The molecule has 1 aliphatic rings.